The number of carboxylic acids is 1. The van der Waals surface area contributed by atoms with E-state index in [-0.39, 0.29) is 12.0 Å². The number of nitrogens with one attached hydrogen (secondary N) is 1. The van der Waals surface area contributed by atoms with Crippen LogP contribution in [0.15, 0.2) is 28.7 Å². The summed E-state index contributed by atoms with van der Waals surface area (Å²) < 4.78 is 5.60. The number of hydrogen-bond donors (Lipinski definition) is 2. The number of carboxylic acid groups (broad SMARTS) is 1. The minimum Gasteiger partial charge on any atom is -0.481 e. The predicted molar refractivity (Wildman–Crippen MR) is 67.4 cm³/mol. The summed E-state index contributed by atoms with van der Waals surface area (Å²) in [4.78, 5) is 10.9. The fraction of sp³-hybridized carbons (Fsp3) is 0.357. The van der Waals surface area contributed by atoms with Crippen LogP contribution < -0.4 is 5.32 Å². The van der Waals surface area contributed by atoms with Gasteiger partial charge in [-0.05, 0) is 31.0 Å². The van der Waals surface area contributed by atoms with E-state index in [1.54, 1.807) is 0 Å². The Bertz CT molecular complexity index is 602. The van der Waals surface area contributed by atoms with E-state index < -0.39 is 5.97 Å². The van der Waals surface area contributed by atoms with Crippen LogP contribution in [0.5, 0.6) is 0 Å². The third kappa shape index (κ3) is 1.88. The van der Waals surface area contributed by atoms with Crippen LogP contribution in [0.25, 0.3) is 11.0 Å². The molecule has 1 aliphatic heterocycles. The van der Waals surface area contributed by atoms with Crippen molar-refractivity contribution in [3.8, 4) is 0 Å². The molecule has 0 radical (unpaired) electrons. The summed E-state index contributed by atoms with van der Waals surface area (Å²) in [5.74, 6) is -0.117. The van der Waals surface area contributed by atoms with Crippen LogP contribution in [0.2, 0.25) is 0 Å². The molecule has 0 bridgehead atoms. The quantitative estimate of drug-likeness (QED) is 0.853. The largest absolute Gasteiger partial charge is 0.481 e. The van der Waals surface area contributed by atoms with Crippen LogP contribution in [-0.4, -0.2) is 17.6 Å². The molecular formula is C14H15NO3. The molecule has 1 aromatic heterocycles. The number of aryl methyl sites for hydroxylation is 1. The third-order valence-corrected chi connectivity index (χ3v) is 3.55. The molecule has 1 aliphatic rings. The van der Waals surface area contributed by atoms with Gasteiger partial charge in [0.15, 0.2) is 0 Å². The fourth-order valence-electron chi connectivity index (χ4n) is 2.57. The Kier molecular flexibility index (Phi) is 2.59. The Balaban J connectivity index is 1.88. The second-order valence-corrected chi connectivity index (χ2v) is 4.89. The monoisotopic (exact) mass is 245 g/mol. The SMILES string of the molecule is Cc1cc2ccc(C3CC(C(=O)O)CN3)cc2o1. The molecule has 2 heterocycles. The van der Waals surface area contributed by atoms with Crippen LogP contribution in [0, 0.1) is 12.8 Å². The van der Waals surface area contributed by atoms with E-state index >= 15 is 0 Å². The van der Waals surface area contributed by atoms with Gasteiger partial charge in [-0.1, -0.05) is 12.1 Å². The lowest BCUT2D eigenvalue weighted by atomic mass is 9.99. The summed E-state index contributed by atoms with van der Waals surface area (Å²) in [5.41, 5.74) is 1.96. The molecule has 2 unspecified atom stereocenters. The van der Waals surface area contributed by atoms with E-state index in [2.05, 4.69) is 5.32 Å². The zero-order valence-corrected chi connectivity index (χ0v) is 10.1. The molecule has 0 amide bonds. The van der Waals surface area contributed by atoms with Crippen LogP contribution in [0.4, 0.5) is 0 Å². The van der Waals surface area contributed by atoms with Gasteiger partial charge in [-0.15, -0.1) is 0 Å². The molecular weight excluding hydrogens is 230 g/mol. The number of hydrogen-bond acceptors (Lipinski definition) is 3. The van der Waals surface area contributed by atoms with Crippen molar-refractivity contribution in [3.63, 3.8) is 0 Å². The fourth-order valence-corrected chi connectivity index (χ4v) is 2.57. The summed E-state index contributed by atoms with van der Waals surface area (Å²) >= 11 is 0. The van der Waals surface area contributed by atoms with E-state index in [1.165, 1.54) is 0 Å². The lowest BCUT2D eigenvalue weighted by Gasteiger charge is -2.10. The Labute approximate surface area is 105 Å². The van der Waals surface area contributed by atoms with Crippen molar-refractivity contribution in [2.24, 2.45) is 5.92 Å². The Morgan fingerprint density at radius 2 is 2.28 bits per heavy atom. The number of rotatable bonds is 2. The molecule has 2 N–H and O–H groups in total. The minimum atomic E-state index is -0.722. The second-order valence-electron chi connectivity index (χ2n) is 4.89. The van der Waals surface area contributed by atoms with Crippen LogP contribution in [-0.2, 0) is 4.79 Å². The van der Waals surface area contributed by atoms with Crippen molar-refractivity contribution in [2.45, 2.75) is 19.4 Å². The highest BCUT2D eigenvalue weighted by atomic mass is 16.4. The predicted octanol–water partition coefficient (Wildman–Crippen LogP) is 2.48. The van der Waals surface area contributed by atoms with Crippen LogP contribution in [0.1, 0.15) is 23.8 Å². The summed E-state index contributed by atoms with van der Waals surface area (Å²) in [6, 6.07) is 8.18. The molecule has 94 valence electrons. The summed E-state index contributed by atoms with van der Waals surface area (Å²) in [6.45, 7) is 2.46. The molecule has 1 fully saturated rings. The van der Waals surface area contributed by atoms with Gasteiger partial charge in [-0.3, -0.25) is 4.79 Å². The third-order valence-electron chi connectivity index (χ3n) is 3.55. The number of fused-ring (bicyclic) bond motifs is 1. The van der Waals surface area contributed by atoms with Crippen molar-refractivity contribution in [1.82, 2.24) is 5.32 Å². The molecule has 4 heteroatoms. The van der Waals surface area contributed by atoms with Crippen molar-refractivity contribution < 1.29 is 14.3 Å². The molecule has 2 aromatic rings. The van der Waals surface area contributed by atoms with Gasteiger partial charge in [0.2, 0.25) is 0 Å². The maximum absolute atomic E-state index is 10.9. The molecule has 18 heavy (non-hydrogen) atoms. The van der Waals surface area contributed by atoms with E-state index in [1.807, 2.05) is 31.2 Å². The lowest BCUT2D eigenvalue weighted by molar-refractivity contribution is -0.141. The number of aliphatic carboxylic acids is 1. The zero-order valence-electron chi connectivity index (χ0n) is 10.1. The first-order valence-electron chi connectivity index (χ1n) is 6.10. The Morgan fingerprint density at radius 3 is 3.00 bits per heavy atom. The second kappa shape index (κ2) is 4.14. The van der Waals surface area contributed by atoms with Gasteiger partial charge >= 0.3 is 5.97 Å². The summed E-state index contributed by atoms with van der Waals surface area (Å²) in [5, 5.41) is 13.3. The Hall–Kier alpha value is -1.81. The molecule has 0 aliphatic carbocycles. The normalized spacial score (nSPS) is 23.6. The highest BCUT2D eigenvalue weighted by Crippen LogP contribution is 2.30. The van der Waals surface area contributed by atoms with E-state index in [0.717, 1.165) is 22.3 Å². The highest BCUT2D eigenvalue weighted by molar-refractivity contribution is 5.78. The van der Waals surface area contributed by atoms with Gasteiger partial charge in [-0.2, -0.15) is 0 Å². The van der Waals surface area contributed by atoms with Gasteiger partial charge < -0.3 is 14.8 Å². The molecule has 4 nitrogen and oxygen atoms in total. The van der Waals surface area contributed by atoms with Crippen LogP contribution in [0.3, 0.4) is 0 Å². The Morgan fingerprint density at radius 1 is 1.44 bits per heavy atom. The number of carbonyl (C=O) groups is 1. The van der Waals surface area contributed by atoms with Crippen LogP contribution >= 0.6 is 0 Å². The van der Waals surface area contributed by atoms with Crippen molar-refractivity contribution in [1.29, 1.82) is 0 Å². The summed E-state index contributed by atoms with van der Waals surface area (Å²) in [7, 11) is 0. The standard InChI is InChI=1S/C14H15NO3/c1-8-4-10-3-2-9(6-13(10)18-8)12-5-11(7-15-12)14(16)17/h2-4,6,11-12,15H,5,7H2,1H3,(H,16,17). The molecule has 0 saturated carbocycles. The number of furan rings is 1. The maximum atomic E-state index is 10.9. The maximum Gasteiger partial charge on any atom is 0.307 e. The smallest absolute Gasteiger partial charge is 0.307 e. The first kappa shape index (κ1) is 11.3. The average molecular weight is 245 g/mol. The van der Waals surface area contributed by atoms with Gasteiger partial charge in [0.25, 0.3) is 0 Å². The number of benzene rings is 1. The van der Waals surface area contributed by atoms with Gasteiger partial charge in [-0.25, -0.2) is 0 Å². The van der Waals surface area contributed by atoms with E-state index in [9.17, 15) is 4.79 Å². The lowest BCUT2D eigenvalue weighted by Crippen LogP contribution is -2.17. The van der Waals surface area contributed by atoms with Gasteiger partial charge in [0.1, 0.15) is 11.3 Å². The molecule has 0 spiro atoms. The highest BCUT2D eigenvalue weighted by Gasteiger charge is 2.30. The van der Waals surface area contributed by atoms with Crippen molar-refractivity contribution >= 4 is 16.9 Å². The van der Waals surface area contributed by atoms with E-state index in [0.29, 0.717) is 13.0 Å². The van der Waals surface area contributed by atoms with E-state index in [4.69, 9.17) is 9.52 Å². The molecule has 2 atom stereocenters. The first-order chi connectivity index (χ1) is 8.63. The zero-order chi connectivity index (χ0) is 12.7. The van der Waals surface area contributed by atoms with Crippen molar-refractivity contribution in [2.75, 3.05) is 6.54 Å². The molecule has 3 rings (SSSR count). The molecule has 1 aromatic carbocycles. The minimum absolute atomic E-state index is 0.112. The van der Waals surface area contributed by atoms with Gasteiger partial charge in [0.05, 0.1) is 5.92 Å². The van der Waals surface area contributed by atoms with Gasteiger partial charge in [0, 0.05) is 18.0 Å². The topological polar surface area (TPSA) is 62.5 Å². The van der Waals surface area contributed by atoms with Crippen molar-refractivity contribution in [3.05, 3.63) is 35.6 Å². The average Bonchev–Trinajstić information content (AvgIpc) is 2.91. The first-order valence-corrected chi connectivity index (χ1v) is 6.10. The summed E-state index contributed by atoms with van der Waals surface area (Å²) in [6.07, 6.45) is 0.639. The molecule has 1 saturated heterocycles.